The second-order valence-corrected chi connectivity index (χ2v) is 9.50. The number of aliphatic carboxylic acids is 1. The molecule has 4 nitrogen and oxygen atoms in total. The van der Waals surface area contributed by atoms with E-state index in [-0.39, 0.29) is 6.42 Å². The maximum Gasteiger partial charge on any atom is 0.304 e. The second-order valence-electron chi connectivity index (χ2n) is 9.50. The molecule has 2 aromatic carbocycles. The third kappa shape index (κ3) is 9.59. The van der Waals surface area contributed by atoms with E-state index in [0.717, 1.165) is 41.9 Å². The highest BCUT2D eigenvalue weighted by Gasteiger charge is 2.12. The summed E-state index contributed by atoms with van der Waals surface area (Å²) in [5.41, 5.74) is 7.65. The molecule has 0 saturated heterocycles. The minimum atomic E-state index is -0.774. The molecular formula is C29H43NO3. The molecule has 33 heavy (non-hydrogen) atoms. The molecule has 0 bridgehead atoms. The minimum Gasteiger partial charge on any atom is -0.493 e. The predicted molar refractivity (Wildman–Crippen MR) is 137 cm³/mol. The van der Waals surface area contributed by atoms with Crippen LogP contribution >= 0.6 is 0 Å². The fourth-order valence-corrected chi connectivity index (χ4v) is 4.45. The van der Waals surface area contributed by atoms with Gasteiger partial charge in [-0.15, -0.1) is 0 Å². The SMILES string of the molecule is CCCCC(CCCOc1c(C)cc(CNCCC(=O)O)cc1C)Cc1ccc(C)c(C)c1. The molecule has 0 aliphatic rings. The fourth-order valence-electron chi connectivity index (χ4n) is 4.45. The summed E-state index contributed by atoms with van der Waals surface area (Å²) in [6.45, 7) is 12.7. The number of nitrogens with one attached hydrogen (secondary N) is 1. The lowest BCUT2D eigenvalue weighted by molar-refractivity contribution is -0.136. The number of benzene rings is 2. The monoisotopic (exact) mass is 453 g/mol. The third-order valence-corrected chi connectivity index (χ3v) is 6.43. The number of carboxylic acid groups (broad SMARTS) is 1. The molecule has 182 valence electrons. The van der Waals surface area contributed by atoms with E-state index in [1.54, 1.807) is 0 Å². The summed E-state index contributed by atoms with van der Waals surface area (Å²) in [6, 6.07) is 11.2. The van der Waals surface area contributed by atoms with Crippen LogP contribution in [0.4, 0.5) is 0 Å². The fraction of sp³-hybridized carbons (Fsp3) is 0.552. The van der Waals surface area contributed by atoms with Crippen LogP contribution in [0, 0.1) is 33.6 Å². The van der Waals surface area contributed by atoms with Gasteiger partial charge in [-0.1, -0.05) is 56.5 Å². The lowest BCUT2D eigenvalue weighted by atomic mass is 9.89. The van der Waals surface area contributed by atoms with Crippen LogP contribution in [-0.2, 0) is 17.8 Å². The van der Waals surface area contributed by atoms with Crippen LogP contribution in [0.1, 0.15) is 78.8 Å². The highest BCUT2D eigenvalue weighted by atomic mass is 16.5. The summed E-state index contributed by atoms with van der Waals surface area (Å²) < 4.78 is 6.22. The quantitative estimate of drug-likeness (QED) is 0.295. The first kappa shape index (κ1) is 26.9. The molecule has 0 aliphatic carbocycles. The van der Waals surface area contributed by atoms with Gasteiger partial charge in [-0.2, -0.15) is 0 Å². The number of rotatable bonds is 15. The molecule has 0 saturated carbocycles. The molecule has 0 radical (unpaired) electrons. The number of aryl methyl sites for hydroxylation is 4. The molecule has 0 aromatic heterocycles. The summed E-state index contributed by atoms with van der Waals surface area (Å²) in [5, 5.41) is 11.9. The molecule has 4 heteroatoms. The molecule has 2 N–H and O–H groups in total. The summed E-state index contributed by atoms with van der Waals surface area (Å²) >= 11 is 0. The zero-order valence-corrected chi connectivity index (χ0v) is 21.3. The van der Waals surface area contributed by atoms with Crippen LogP contribution in [0.3, 0.4) is 0 Å². The van der Waals surface area contributed by atoms with Crippen LogP contribution in [0.2, 0.25) is 0 Å². The van der Waals surface area contributed by atoms with Crippen molar-refractivity contribution in [3.05, 3.63) is 63.7 Å². The van der Waals surface area contributed by atoms with Crippen molar-refractivity contribution in [2.75, 3.05) is 13.2 Å². The Kier molecular flexibility index (Phi) is 11.5. The Morgan fingerprint density at radius 2 is 1.61 bits per heavy atom. The number of carboxylic acids is 1. The van der Waals surface area contributed by atoms with E-state index in [1.807, 2.05) is 0 Å². The van der Waals surface area contributed by atoms with Crippen molar-refractivity contribution in [1.29, 1.82) is 0 Å². The first-order chi connectivity index (χ1) is 15.8. The van der Waals surface area contributed by atoms with Crippen LogP contribution in [0.15, 0.2) is 30.3 Å². The van der Waals surface area contributed by atoms with E-state index in [2.05, 4.69) is 70.3 Å². The summed E-state index contributed by atoms with van der Waals surface area (Å²) in [4.78, 5) is 10.6. The number of hydrogen-bond donors (Lipinski definition) is 2. The number of hydrogen-bond acceptors (Lipinski definition) is 3. The Labute approximate surface area is 200 Å². The van der Waals surface area contributed by atoms with Gasteiger partial charge < -0.3 is 15.2 Å². The van der Waals surface area contributed by atoms with E-state index in [0.29, 0.717) is 19.0 Å². The molecule has 2 aromatic rings. The zero-order chi connectivity index (χ0) is 24.2. The van der Waals surface area contributed by atoms with Gasteiger partial charge in [0.25, 0.3) is 0 Å². The van der Waals surface area contributed by atoms with Crippen molar-refractivity contribution >= 4 is 5.97 Å². The lowest BCUT2D eigenvalue weighted by Crippen LogP contribution is -2.17. The van der Waals surface area contributed by atoms with E-state index < -0.39 is 5.97 Å². The average Bonchev–Trinajstić information content (AvgIpc) is 2.76. The first-order valence-corrected chi connectivity index (χ1v) is 12.5. The molecule has 0 heterocycles. The van der Waals surface area contributed by atoms with Gasteiger partial charge in [0, 0.05) is 13.1 Å². The first-order valence-electron chi connectivity index (χ1n) is 12.5. The van der Waals surface area contributed by atoms with Gasteiger partial charge in [0.1, 0.15) is 5.75 Å². The van der Waals surface area contributed by atoms with Crippen molar-refractivity contribution in [3.63, 3.8) is 0 Å². The highest BCUT2D eigenvalue weighted by molar-refractivity contribution is 5.66. The molecule has 0 fully saturated rings. The van der Waals surface area contributed by atoms with Gasteiger partial charge in [-0.3, -0.25) is 4.79 Å². The average molecular weight is 454 g/mol. The largest absolute Gasteiger partial charge is 0.493 e. The Balaban J connectivity index is 1.86. The van der Waals surface area contributed by atoms with Crippen molar-refractivity contribution in [1.82, 2.24) is 5.32 Å². The van der Waals surface area contributed by atoms with Crippen molar-refractivity contribution in [3.8, 4) is 5.75 Å². The van der Waals surface area contributed by atoms with Gasteiger partial charge in [0.2, 0.25) is 0 Å². The van der Waals surface area contributed by atoms with E-state index >= 15 is 0 Å². The molecule has 0 spiro atoms. The second kappa shape index (κ2) is 14.0. The third-order valence-electron chi connectivity index (χ3n) is 6.43. The Morgan fingerprint density at radius 1 is 0.939 bits per heavy atom. The molecular weight excluding hydrogens is 410 g/mol. The van der Waals surface area contributed by atoms with Crippen molar-refractivity contribution < 1.29 is 14.6 Å². The maximum atomic E-state index is 10.6. The smallest absolute Gasteiger partial charge is 0.304 e. The van der Waals surface area contributed by atoms with Crippen LogP contribution in [-0.4, -0.2) is 24.2 Å². The number of ether oxygens (including phenoxy) is 1. The summed E-state index contributed by atoms with van der Waals surface area (Å²) in [7, 11) is 0. The van der Waals surface area contributed by atoms with Gasteiger partial charge in [0.15, 0.2) is 0 Å². The van der Waals surface area contributed by atoms with Crippen LogP contribution in [0.5, 0.6) is 5.75 Å². The maximum absolute atomic E-state index is 10.6. The van der Waals surface area contributed by atoms with Crippen LogP contribution in [0.25, 0.3) is 0 Å². The molecule has 2 rings (SSSR count). The minimum absolute atomic E-state index is 0.141. The summed E-state index contributed by atoms with van der Waals surface area (Å²) in [5.74, 6) is 0.921. The van der Waals surface area contributed by atoms with Gasteiger partial charge >= 0.3 is 5.97 Å². The van der Waals surface area contributed by atoms with Crippen molar-refractivity contribution in [2.45, 2.75) is 86.1 Å². The van der Waals surface area contributed by atoms with E-state index in [1.165, 1.54) is 42.4 Å². The Morgan fingerprint density at radius 3 is 2.24 bits per heavy atom. The molecule has 1 atom stereocenters. The Bertz CT molecular complexity index is 867. The van der Waals surface area contributed by atoms with E-state index in [9.17, 15) is 4.79 Å². The van der Waals surface area contributed by atoms with Gasteiger partial charge in [0.05, 0.1) is 13.0 Å². The molecule has 0 aliphatic heterocycles. The predicted octanol–water partition coefficient (Wildman–Crippen LogP) is 6.69. The normalized spacial score (nSPS) is 12.0. The van der Waals surface area contributed by atoms with Gasteiger partial charge in [-0.05, 0) is 86.3 Å². The standard InChI is InChI=1S/C29H43NO3/c1-6-7-9-25(19-26-12-11-21(2)22(3)16-26)10-8-15-33-29-23(4)17-27(18-24(29)5)20-30-14-13-28(31)32/h11-12,16-18,25,30H,6-10,13-15,19-20H2,1-5H3,(H,31,32). The molecule has 1 unspecified atom stereocenters. The number of unbranched alkanes of at least 4 members (excludes halogenated alkanes) is 1. The van der Waals surface area contributed by atoms with Crippen molar-refractivity contribution in [2.24, 2.45) is 5.92 Å². The lowest BCUT2D eigenvalue weighted by Gasteiger charge is -2.19. The van der Waals surface area contributed by atoms with Crippen LogP contribution < -0.4 is 10.1 Å². The summed E-state index contributed by atoms with van der Waals surface area (Å²) in [6.07, 6.45) is 7.37. The zero-order valence-electron chi connectivity index (χ0n) is 21.3. The highest BCUT2D eigenvalue weighted by Crippen LogP contribution is 2.26. The Hall–Kier alpha value is -2.33. The molecule has 0 amide bonds. The number of carbonyl (C=O) groups is 1. The van der Waals surface area contributed by atoms with E-state index in [4.69, 9.17) is 9.84 Å². The van der Waals surface area contributed by atoms with Gasteiger partial charge in [-0.25, -0.2) is 0 Å². The topological polar surface area (TPSA) is 58.6 Å².